The van der Waals surface area contributed by atoms with Crippen molar-refractivity contribution >= 4 is 6.03 Å². The zero-order chi connectivity index (χ0) is 25.3. The maximum Gasteiger partial charge on any atom is 0.402 e. The largest absolute Gasteiger partial charge is 0.435 e. The summed E-state index contributed by atoms with van der Waals surface area (Å²) in [6.07, 6.45) is -2.18. The van der Waals surface area contributed by atoms with Crippen LogP contribution in [0.25, 0.3) is 22.4 Å². The molecular weight excluding hydrogens is 478 g/mol. The van der Waals surface area contributed by atoms with E-state index < -0.39 is 25.2 Å². The van der Waals surface area contributed by atoms with Crippen molar-refractivity contribution in [1.82, 2.24) is 15.1 Å². The lowest BCUT2D eigenvalue weighted by Crippen LogP contribution is -2.28. The lowest BCUT2D eigenvalue weighted by molar-refractivity contribution is -0.159. The number of carbonyl (C=O) groups excluding carboxylic acids is 1. The fourth-order valence-corrected chi connectivity index (χ4v) is 3.97. The van der Waals surface area contributed by atoms with E-state index in [4.69, 9.17) is 0 Å². The Morgan fingerprint density at radius 3 is 2.53 bits per heavy atom. The summed E-state index contributed by atoms with van der Waals surface area (Å²) in [6, 6.07) is 19.3. The van der Waals surface area contributed by atoms with Gasteiger partial charge in [-0.1, -0.05) is 36.4 Å². The van der Waals surface area contributed by atoms with Gasteiger partial charge in [0.05, 0.1) is 6.42 Å². The molecule has 10 heteroatoms. The maximum atomic E-state index is 13.5. The first-order valence-corrected chi connectivity index (χ1v) is 10.9. The molecule has 5 rings (SSSR count). The van der Waals surface area contributed by atoms with Gasteiger partial charge in [-0.2, -0.15) is 27.3 Å². The van der Waals surface area contributed by atoms with Crippen LogP contribution in [0.2, 0.25) is 0 Å². The van der Waals surface area contributed by atoms with Gasteiger partial charge in [0, 0.05) is 29.4 Å². The predicted octanol–water partition coefficient (Wildman–Crippen LogP) is 6.10. The van der Waals surface area contributed by atoms with Crippen molar-refractivity contribution in [3.63, 3.8) is 0 Å². The average Bonchev–Trinajstić information content (AvgIpc) is 3.43. The first-order chi connectivity index (χ1) is 17.3. The van der Waals surface area contributed by atoms with Crippen molar-refractivity contribution in [2.75, 3.05) is 0 Å². The summed E-state index contributed by atoms with van der Waals surface area (Å²) in [5, 5.41) is 7.16. The lowest BCUT2D eigenvalue weighted by Gasteiger charge is -2.07. The molecule has 0 saturated heterocycles. The average molecular weight is 497 g/mol. The van der Waals surface area contributed by atoms with Crippen LogP contribution in [0.1, 0.15) is 11.1 Å². The molecule has 184 valence electrons. The van der Waals surface area contributed by atoms with Gasteiger partial charge in [0.2, 0.25) is 0 Å². The third-order valence-electron chi connectivity index (χ3n) is 5.58. The first-order valence-electron chi connectivity index (χ1n) is 10.9. The Hall–Kier alpha value is -4.34. The number of hydrogen-bond acceptors (Lipinski definition) is 4. The molecule has 0 bridgehead atoms. The number of amides is 1. The molecule has 0 spiro atoms. The Morgan fingerprint density at radius 1 is 1.06 bits per heavy atom. The third kappa shape index (κ3) is 5.02. The van der Waals surface area contributed by atoms with E-state index in [2.05, 4.69) is 19.9 Å². The second-order valence-electron chi connectivity index (χ2n) is 8.12. The number of nitrogens with one attached hydrogen (secondary N) is 1. The van der Waals surface area contributed by atoms with Crippen LogP contribution in [-0.2, 0) is 13.0 Å². The number of ether oxygens (including phenoxy) is 2. The number of carbonyl (C=O) groups is 1. The highest BCUT2D eigenvalue weighted by molar-refractivity contribution is 5.85. The molecule has 0 aliphatic carbocycles. The summed E-state index contributed by atoms with van der Waals surface area (Å²) >= 11 is 0. The zero-order valence-electron chi connectivity index (χ0n) is 18.6. The molecule has 2 heterocycles. The predicted molar refractivity (Wildman–Crippen MR) is 123 cm³/mol. The normalized spacial score (nSPS) is 13.8. The highest BCUT2D eigenvalue weighted by Crippen LogP contribution is 2.37. The minimum Gasteiger partial charge on any atom is -0.435 e. The Bertz CT molecular complexity index is 1390. The molecule has 4 aromatic rings. The SMILES string of the molecule is O=C(NCc1ccc2c(c1)CC(F)(F)O2)n1cc(-c2ccccc2)c(-c2ccc(OC(F)F)cc2)n1. The lowest BCUT2D eigenvalue weighted by atomic mass is 10.0. The Kier molecular flexibility index (Phi) is 6.09. The van der Waals surface area contributed by atoms with Crippen LogP contribution in [0, 0.1) is 0 Å². The van der Waals surface area contributed by atoms with E-state index in [0.29, 0.717) is 27.9 Å². The number of alkyl halides is 4. The molecule has 0 fully saturated rings. The molecule has 0 atom stereocenters. The smallest absolute Gasteiger partial charge is 0.402 e. The van der Waals surface area contributed by atoms with Crippen molar-refractivity contribution in [2.45, 2.75) is 25.7 Å². The molecule has 0 unspecified atom stereocenters. The second-order valence-corrected chi connectivity index (χ2v) is 8.12. The minimum atomic E-state index is -3.23. The van der Waals surface area contributed by atoms with Crippen molar-refractivity contribution in [3.8, 4) is 33.9 Å². The van der Waals surface area contributed by atoms with Crippen LogP contribution in [0.3, 0.4) is 0 Å². The van der Waals surface area contributed by atoms with Crippen molar-refractivity contribution in [2.24, 2.45) is 0 Å². The zero-order valence-corrected chi connectivity index (χ0v) is 18.6. The molecule has 1 aliphatic heterocycles. The number of fused-ring (bicyclic) bond motifs is 1. The van der Waals surface area contributed by atoms with Crippen molar-refractivity contribution in [1.29, 1.82) is 0 Å². The maximum absolute atomic E-state index is 13.5. The second kappa shape index (κ2) is 9.37. The number of hydrogen-bond donors (Lipinski definition) is 1. The molecular formula is C26H19F4N3O3. The van der Waals surface area contributed by atoms with Gasteiger partial charge in [0.15, 0.2) is 0 Å². The number of nitrogens with zero attached hydrogens (tertiary/aromatic N) is 2. The van der Waals surface area contributed by atoms with Crippen LogP contribution in [0.4, 0.5) is 22.4 Å². The third-order valence-corrected chi connectivity index (χ3v) is 5.58. The van der Waals surface area contributed by atoms with Crippen molar-refractivity contribution in [3.05, 3.63) is 90.1 Å². The first kappa shape index (κ1) is 23.4. The Balaban J connectivity index is 1.38. The van der Waals surface area contributed by atoms with Gasteiger partial charge >= 0.3 is 18.8 Å². The molecule has 1 N–H and O–H groups in total. The number of halogens is 4. The van der Waals surface area contributed by atoms with Gasteiger partial charge in [-0.3, -0.25) is 0 Å². The highest BCUT2D eigenvalue weighted by Gasteiger charge is 2.39. The number of rotatable bonds is 6. The fraction of sp³-hybridized carbons (Fsp3) is 0.154. The number of aromatic nitrogens is 2. The van der Waals surface area contributed by atoms with Gasteiger partial charge in [-0.05, 0) is 47.5 Å². The minimum absolute atomic E-state index is 0.00435. The van der Waals surface area contributed by atoms with Gasteiger partial charge in [0.1, 0.15) is 17.2 Å². The molecule has 6 nitrogen and oxygen atoms in total. The molecule has 1 aliphatic rings. The van der Waals surface area contributed by atoms with E-state index in [1.165, 1.54) is 18.2 Å². The molecule has 1 amide bonds. The summed E-state index contributed by atoms with van der Waals surface area (Å²) in [4.78, 5) is 12.9. The van der Waals surface area contributed by atoms with E-state index in [0.717, 1.165) is 10.2 Å². The van der Waals surface area contributed by atoms with Gasteiger partial charge in [-0.15, -0.1) is 0 Å². The topological polar surface area (TPSA) is 65.4 Å². The standard InChI is InChI=1S/C26H19F4N3O3/c27-24(28)35-20-9-7-18(8-10-20)23-21(17-4-2-1-3-5-17)15-33(32-23)25(34)31-14-16-6-11-22-19(12-16)13-26(29,30)36-22/h1-12,15,24H,13-14H2,(H,31,34). The quantitative estimate of drug-likeness (QED) is 0.327. The summed E-state index contributed by atoms with van der Waals surface area (Å²) in [5.41, 5.74) is 3.54. The Morgan fingerprint density at radius 2 is 1.81 bits per heavy atom. The van der Waals surface area contributed by atoms with Gasteiger partial charge < -0.3 is 14.8 Å². The molecule has 3 aromatic carbocycles. The van der Waals surface area contributed by atoms with E-state index >= 15 is 0 Å². The van der Waals surface area contributed by atoms with E-state index in [1.807, 2.05) is 30.3 Å². The van der Waals surface area contributed by atoms with E-state index in [1.54, 1.807) is 30.5 Å². The van der Waals surface area contributed by atoms with E-state index in [-0.39, 0.29) is 18.0 Å². The summed E-state index contributed by atoms with van der Waals surface area (Å²) in [7, 11) is 0. The molecule has 0 radical (unpaired) electrons. The number of benzene rings is 3. The summed E-state index contributed by atoms with van der Waals surface area (Å²) < 4.78 is 62.0. The fourth-order valence-electron chi connectivity index (χ4n) is 3.97. The van der Waals surface area contributed by atoms with Crippen LogP contribution in [-0.4, -0.2) is 28.5 Å². The molecule has 0 saturated carbocycles. The molecule has 36 heavy (non-hydrogen) atoms. The molecule has 1 aromatic heterocycles. The van der Waals surface area contributed by atoms with E-state index in [9.17, 15) is 22.4 Å². The van der Waals surface area contributed by atoms with Crippen LogP contribution < -0.4 is 14.8 Å². The van der Waals surface area contributed by atoms with Gasteiger partial charge in [-0.25, -0.2) is 4.79 Å². The monoisotopic (exact) mass is 497 g/mol. The van der Waals surface area contributed by atoms with Gasteiger partial charge in [0.25, 0.3) is 0 Å². The Labute approximate surface area is 203 Å². The van der Waals surface area contributed by atoms with Crippen molar-refractivity contribution < 1.29 is 31.8 Å². The summed E-state index contributed by atoms with van der Waals surface area (Å²) in [5.74, 6) is 0.133. The van der Waals surface area contributed by atoms with Crippen LogP contribution in [0.5, 0.6) is 11.5 Å². The van der Waals surface area contributed by atoms with Crippen LogP contribution in [0.15, 0.2) is 79.0 Å². The highest BCUT2D eigenvalue weighted by atomic mass is 19.3. The summed E-state index contributed by atoms with van der Waals surface area (Å²) in [6.45, 7) is -2.85. The van der Waals surface area contributed by atoms with Crippen LogP contribution >= 0.6 is 0 Å².